The van der Waals surface area contributed by atoms with E-state index in [4.69, 9.17) is 15.1 Å². The number of sulfone groups is 1. The summed E-state index contributed by atoms with van der Waals surface area (Å²) in [7, 11) is -3.39. The van der Waals surface area contributed by atoms with E-state index in [0.29, 0.717) is 12.0 Å². The monoisotopic (exact) mass is 410 g/mol. The lowest BCUT2D eigenvalue weighted by atomic mass is 9.95. The molecule has 0 saturated carbocycles. The van der Waals surface area contributed by atoms with E-state index in [0.717, 1.165) is 0 Å². The van der Waals surface area contributed by atoms with Crippen molar-refractivity contribution in [1.82, 2.24) is 10.8 Å². The third-order valence-electron chi connectivity index (χ3n) is 4.15. The summed E-state index contributed by atoms with van der Waals surface area (Å²) in [4.78, 5) is 24.7. The van der Waals surface area contributed by atoms with Crippen LogP contribution in [-0.2, 0) is 19.4 Å². The van der Waals surface area contributed by atoms with Crippen molar-refractivity contribution in [2.45, 2.75) is 25.0 Å². The third kappa shape index (κ3) is 5.08. The minimum atomic E-state index is -3.39. The molecule has 152 valence electrons. The highest BCUT2D eigenvalue weighted by Crippen LogP contribution is 2.32. The fourth-order valence-electron chi connectivity index (χ4n) is 2.96. The molecule has 0 radical (unpaired) electrons. The van der Waals surface area contributed by atoms with E-state index in [-0.39, 0.29) is 18.8 Å². The number of hydrogen-bond acceptors (Lipinski definition) is 7. The van der Waals surface area contributed by atoms with Crippen molar-refractivity contribution in [3.05, 3.63) is 35.4 Å². The molecule has 0 bridgehead atoms. The predicted octanol–water partition coefficient (Wildman–Crippen LogP) is -0.772. The van der Waals surface area contributed by atoms with E-state index < -0.39 is 44.8 Å². The Kier molecular flexibility index (Phi) is 7.15. The first-order chi connectivity index (χ1) is 13.3. The van der Waals surface area contributed by atoms with Crippen LogP contribution < -0.4 is 10.8 Å². The zero-order chi connectivity index (χ0) is 20.8. The van der Waals surface area contributed by atoms with Gasteiger partial charge in [0.2, 0.25) is 0 Å². The van der Waals surface area contributed by atoms with Crippen molar-refractivity contribution < 1.29 is 33.1 Å². The van der Waals surface area contributed by atoms with Gasteiger partial charge in [0.25, 0.3) is 11.8 Å². The first kappa shape index (κ1) is 21.8. The Balaban J connectivity index is 2.19. The normalized spacial score (nSPS) is 17.4. The van der Waals surface area contributed by atoms with Gasteiger partial charge in [-0.25, -0.2) is 13.9 Å². The minimum Gasteiger partial charge on any atom is -0.395 e. The molecule has 1 fully saturated rings. The number of hydroxylamine groups is 1. The first-order valence-corrected chi connectivity index (χ1v) is 10.4. The molecule has 1 heterocycles. The van der Waals surface area contributed by atoms with Gasteiger partial charge < -0.3 is 15.2 Å². The quantitative estimate of drug-likeness (QED) is 0.263. The fraction of sp³-hybridized carbons (Fsp3) is 0.444. The van der Waals surface area contributed by atoms with Gasteiger partial charge in [0, 0.05) is 24.2 Å². The second-order valence-electron chi connectivity index (χ2n) is 6.27. The van der Waals surface area contributed by atoms with Crippen LogP contribution >= 0.6 is 0 Å². The number of nitrogens with one attached hydrogen (secondary N) is 2. The van der Waals surface area contributed by atoms with E-state index in [9.17, 15) is 18.0 Å². The maximum Gasteiger partial charge on any atom is 0.268 e. The van der Waals surface area contributed by atoms with Crippen LogP contribution in [0.25, 0.3) is 0 Å². The van der Waals surface area contributed by atoms with Crippen LogP contribution in [0, 0.1) is 11.8 Å². The smallest absolute Gasteiger partial charge is 0.268 e. The van der Waals surface area contributed by atoms with Crippen LogP contribution in [-0.4, -0.2) is 66.9 Å². The standard InChI is InChI=1S/C18H22N2O7S/c1-2-27-18(11-28(25,26)12-18)15(17(23)20-24)19-16(22)14-8-6-13(7-9-14)5-3-4-10-21/h6-9,15,21,24H,2,4,10-12H2,1H3,(H,19,22)(H,20,23). The minimum absolute atomic E-state index is 0.0426. The number of carbonyl (C=O) groups is 2. The van der Waals surface area contributed by atoms with Gasteiger partial charge in [-0.05, 0) is 31.2 Å². The molecule has 10 heteroatoms. The maximum atomic E-state index is 12.6. The van der Waals surface area contributed by atoms with Gasteiger partial charge in [-0.2, -0.15) is 0 Å². The van der Waals surface area contributed by atoms with E-state index in [1.165, 1.54) is 17.6 Å². The second-order valence-corrected chi connectivity index (χ2v) is 8.33. The maximum absolute atomic E-state index is 12.6. The summed E-state index contributed by atoms with van der Waals surface area (Å²) in [6.45, 7) is 1.72. The molecule has 1 aromatic rings. The highest BCUT2D eigenvalue weighted by Gasteiger charge is 2.57. The number of hydrogen-bond donors (Lipinski definition) is 4. The van der Waals surface area contributed by atoms with Gasteiger partial charge in [0.05, 0.1) is 18.1 Å². The van der Waals surface area contributed by atoms with Crippen molar-refractivity contribution >= 4 is 21.7 Å². The summed E-state index contributed by atoms with van der Waals surface area (Å²) in [5.41, 5.74) is 0.877. The SMILES string of the molecule is CCOC1(C(NC(=O)c2ccc(C#CCCO)cc2)C(=O)NO)CS(=O)(=O)C1. The Morgan fingerprint density at radius 2 is 1.93 bits per heavy atom. The lowest BCUT2D eigenvalue weighted by Crippen LogP contribution is -2.71. The van der Waals surface area contributed by atoms with Crippen molar-refractivity contribution in [3.8, 4) is 11.8 Å². The molecule has 0 aromatic heterocycles. The Bertz CT molecular complexity index is 873. The largest absolute Gasteiger partial charge is 0.395 e. The number of ether oxygens (including phenoxy) is 1. The highest BCUT2D eigenvalue weighted by atomic mass is 32.2. The molecule has 2 amide bonds. The summed E-state index contributed by atoms with van der Waals surface area (Å²) < 4.78 is 28.8. The van der Waals surface area contributed by atoms with Gasteiger partial charge in [0.15, 0.2) is 9.84 Å². The number of rotatable bonds is 7. The zero-order valence-electron chi connectivity index (χ0n) is 15.3. The van der Waals surface area contributed by atoms with Gasteiger partial charge in [-0.3, -0.25) is 14.8 Å². The first-order valence-electron chi connectivity index (χ1n) is 8.56. The molecule has 4 N–H and O–H groups in total. The van der Waals surface area contributed by atoms with E-state index in [1.807, 2.05) is 0 Å². The average molecular weight is 410 g/mol. The Labute approximate surface area is 163 Å². The number of benzene rings is 1. The number of aliphatic hydroxyl groups is 1. The molecule has 1 atom stereocenters. The Morgan fingerprint density at radius 3 is 2.43 bits per heavy atom. The van der Waals surface area contributed by atoms with Crippen LogP contribution in [0.1, 0.15) is 29.3 Å². The molecule has 1 saturated heterocycles. The molecule has 0 aliphatic carbocycles. The summed E-state index contributed by atoms with van der Waals surface area (Å²) in [5.74, 6) is 3.10. The molecule has 1 unspecified atom stereocenters. The van der Waals surface area contributed by atoms with E-state index in [1.54, 1.807) is 19.1 Å². The number of amides is 2. The topological polar surface area (TPSA) is 142 Å². The molecule has 2 rings (SSSR count). The predicted molar refractivity (Wildman–Crippen MR) is 99.2 cm³/mol. The van der Waals surface area contributed by atoms with Gasteiger partial charge in [0.1, 0.15) is 11.6 Å². The van der Waals surface area contributed by atoms with Crippen molar-refractivity contribution in [2.75, 3.05) is 24.7 Å². The lowest BCUT2D eigenvalue weighted by Gasteiger charge is -2.45. The molecule has 0 spiro atoms. The van der Waals surface area contributed by atoms with Crippen molar-refractivity contribution in [3.63, 3.8) is 0 Å². The zero-order valence-corrected chi connectivity index (χ0v) is 16.1. The highest BCUT2D eigenvalue weighted by molar-refractivity contribution is 7.93. The van der Waals surface area contributed by atoms with Gasteiger partial charge in [-0.1, -0.05) is 11.8 Å². The molecule has 28 heavy (non-hydrogen) atoms. The van der Waals surface area contributed by atoms with E-state index in [2.05, 4.69) is 17.2 Å². The van der Waals surface area contributed by atoms with Crippen LogP contribution in [0.2, 0.25) is 0 Å². The molecular formula is C18H22N2O7S. The van der Waals surface area contributed by atoms with Gasteiger partial charge >= 0.3 is 0 Å². The van der Waals surface area contributed by atoms with E-state index >= 15 is 0 Å². The van der Waals surface area contributed by atoms with Crippen molar-refractivity contribution in [2.24, 2.45) is 0 Å². The number of carbonyl (C=O) groups excluding carboxylic acids is 2. The second kappa shape index (κ2) is 9.16. The fourth-order valence-corrected chi connectivity index (χ4v) is 4.87. The summed E-state index contributed by atoms with van der Waals surface area (Å²) in [6, 6.07) is 4.81. The lowest BCUT2D eigenvalue weighted by molar-refractivity contribution is -0.140. The van der Waals surface area contributed by atoms with Gasteiger partial charge in [-0.15, -0.1) is 0 Å². The molecule has 1 aromatic carbocycles. The molecular weight excluding hydrogens is 388 g/mol. The third-order valence-corrected chi connectivity index (χ3v) is 6.01. The van der Waals surface area contributed by atoms with Crippen LogP contribution in [0.3, 0.4) is 0 Å². The van der Waals surface area contributed by atoms with Crippen LogP contribution in [0.5, 0.6) is 0 Å². The van der Waals surface area contributed by atoms with Crippen LogP contribution in [0.15, 0.2) is 24.3 Å². The molecule has 1 aliphatic rings. The molecule has 1 aliphatic heterocycles. The average Bonchev–Trinajstić information content (AvgIpc) is 2.64. The summed E-state index contributed by atoms with van der Waals surface area (Å²) in [6.07, 6.45) is 0.336. The molecule has 9 nitrogen and oxygen atoms in total. The summed E-state index contributed by atoms with van der Waals surface area (Å²) >= 11 is 0. The van der Waals surface area contributed by atoms with Crippen molar-refractivity contribution in [1.29, 1.82) is 0 Å². The summed E-state index contributed by atoms with van der Waals surface area (Å²) in [5, 5.41) is 20.2. The Morgan fingerprint density at radius 1 is 1.29 bits per heavy atom. The number of aliphatic hydroxyl groups excluding tert-OH is 1. The Hall–Kier alpha value is -2.45. The van der Waals surface area contributed by atoms with Crippen LogP contribution in [0.4, 0.5) is 0 Å².